The number of carbonyl (C=O) groups is 3. The van der Waals surface area contributed by atoms with Gasteiger partial charge in [-0.3, -0.25) is 19.3 Å². The van der Waals surface area contributed by atoms with Gasteiger partial charge in [-0.1, -0.05) is 30.3 Å². The highest BCUT2D eigenvalue weighted by Gasteiger charge is 2.40. The van der Waals surface area contributed by atoms with Crippen LogP contribution in [0.2, 0.25) is 0 Å². The van der Waals surface area contributed by atoms with Crippen LogP contribution in [0.5, 0.6) is 0 Å². The van der Waals surface area contributed by atoms with E-state index in [1.165, 1.54) is 4.90 Å². The molecule has 2 aromatic carbocycles. The molecule has 2 aromatic rings. The van der Waals surface area contributed by atoms with Crippen LogP contribution in [0.4, 0.5) is 11.4 Å². The van der Waals surface area contributed by atoms with Gasteiger partial charge in [0.15, 0.2) is 0 Å². The molecular formula is C24H28N4O3. The number of nitrogens with zero attached hydrogens (tertiary/aromatic N) is 3. The van der Waals surface area contributed by atoms with Crippen molar-refractivity contribution in [3.8, 4) is 0 Å². The summed E-state index contributed by atoms with van der Waals surface area (Å²) in [5.41, 5.74) is 3.04. The number of nitrogens with one attached hydrogen (secondary N) is 1. The molecule has 2 aliphatic rings. The van der Waals surface area contributed by atoms with Crippen LogP contribution in [0.1, 0.15) is 35.2 Å². The third kappa shape index (κ3) is 4.26. The summed E-state index contributed by atoms with van der Waals surface area (Å²) in [7, 11) is 3.39. The van der Waals surface area contributed by atoms with E-state index < -0.39 is 0 Å². The van der Waals surface area contributed by atoms with Crippen molar-refractivity contribution in [1.29, 1.82) is 0 Å². The third-order valence-electron chi connectivity index (χ3n) is 5.92. The number of hydrogen-bond acceptors (Lipinski definition) is 4. The number of hydrogen-bond donors (Lipinski definition) is 1. The number of benzene rings is 2. The molecule has 1 atom stereocenters. The van der Waals surface area contributed by atoms with Gasteiger partial charge in [0.05, 0.1) is 11.4 Å². The molecule has 162 valence electrons. The van der Waals surface area contributed by atoms with E-state index in [-0.39, 0.29) is 30.3 Å². The van der Waals surface area contributed by atoms with Crippen LogP contribution in [0.15, 0.2) is 48.5 Å². The Morgan fingerprint density at radius 3 is 2.58 bits per heavy atom. The first kappa shape index (κ1) is 20.9. The van der Waals surface area contributed by atoms with Gasteiger partial charge < -0.3 is 15.1 Å². The first-order valence-corrected chi connectivity index (χ1v) is 10.7. The van der Waals surface area contributed by atoms with E-state index in [1.54, 1.807) is 31.1 Å². The summed E-state index contributed by atoms with van der Waals surface area (Å²) in [6.45, 7) is 1.14. The van der Waals surface area contributed by atoms with Crippen molar-refractivity contribution in [3.63, 3.8) is 0 Å². The highest BCUT2D eigenvalue weighted by Crippen LogP contribution is 2.40. The van der Waals surface area contributed by atoms with Crippen LogP contribution in [0.3, 0.4) is 0 Å². The fourth-order valence-electron chi connectivity index (χ4n) is 4.31. The number of carbonyl (C=O) groups excluding carboxylic acids is 3. The van der Waals surface area contributed by atoms with Crippen LogP contribution in [0, 0.1) is 0 Å². The first-order chi connectivity index (χ1) is 15.0. The zero-order chi connectivity index (χ0) is 22.0. The lowest BCUT2D eigenvalue weighted by Crippen LogP contribution is -2.57. The highest BCUT2D eigenvalue weighted by molar-refractivity contribution is 6.09. The van der Waals surface area contributed by atoms with E-state index in [0.717, 1.165) is 37.1 Å². The number of anilines is 2. The highest BCUT2D eigenvalue weighted by atomic mass is 16.2. The predicted molar refractivity (Wildman–Crippen MR) is 120 cm³/mol. The molecular weight excluding hydrogens is 392 g/mol. The molecule has 1 saturated heterocycles. The molecule has 3 amide bonds. The lowest BCUT2D eigenvalue weighted by atomic mass is 9.95. The van der Waals surface area contributed by atoms with E-state index in [1.807, 2.05) is 36.4 Å². The Labute approximate surface area is 182 Å². The van der Waals surface area contributed by atoms with Gasteiger partial charge in [0.25, 0.3) is 5.91 Å². The van der Waals surface area contributed by atoms with Gasteiger partial charge in [0.2, 0.25) is 11.8 Å². The zero-order valence-electron chi connectivity index (χ0n) is 18.0. The van der Waals surface area contributed by atoms with E-state index in [0.29, 0.717) is 17.8 Å². The van der Waals surface area contributed by atoms with E-state index in [9.17, 15) is 14.4 Å². The number of amides is 3. The van der Waals surface area contributed by atoms with E-state index in [2.05, 4.69) is 10.2 Å². The molecule has 31 heavy (non-hydrogen) atoms. The molecule has 1 fully saturated rings. The molecule has 2 heterocycles. The fraction of sp³-hybridized carbons (Fsp3) is 0.375. The van der Waals surface area contributed by atoms with Crippen molar-refractivity contribution in [3.05, 3.63) is 59.7 Å². The molecule has 0 unspecified atom stereocenters. The summed E-state index contributed by atoms with van der Waals surface area (Å²) in [5, 5.41) is 2.90. The maximum atomic E-state index is 13.4. The Kier molecular flexibility index (Phi) is 5.93. The van der Waals surface area contributed by atoms with E-state index >= 15 is 0 Å². The number of piperidine rings is 1. The lowest BCUT2D eigenvalue weighted by Gasteiger charge is -2.45. The maximum absolute atomic E-state index is 13.4. The van der Waals surface area contributed by atoms with Crippen molar-refractivity contribution in [2.75, 3.05) is 37.0 Å². The first-order valence-electron chi connectivity index (χ1n) is 10.7. The lowest BCUT2D eigenvalue weighted by molar-refractivity contribution is -0.125. The fourth-order valence-corrected chi connectivity index (χ4v) is 4.31. The van der Waals surface area contributed by atoms with Gasteiger partial charge in [0.1, 0.15) is 12.6 Å². The minimum atomic E-state index is -0.251. The second kappa shape index (κ2) is 8.79. The minimum absolute atomic E-state index is 0.0669. The molecule has 0 aromatic heterocycles. The van der Waals surface area contributed by atoms with Crippen LogP contribution in [0.25, 0.3) is 0 Å². The van der Waals surface area contributed by atoms with Crippen LogP contribution < -0.4 is 15.1 Å². The van der Waals surface area contributed by atoms with Crippen LogP contribution in [-0.2, 0) is 16.1 Å². The third-order valence-corrected chi connectivity index (χ3v) is 5.92. The Morgan fingerprint density at radius 1 is 1.06 bits per heavy atom. The van der Waals surface area contributed by atoms with Gasteiger partial charge in [0, 0.05) is 32.7 Å². The topological polar surface area (TPSA) is 73.0 Å². The molecule has 0 bridgehead atoms. The predicted octanol–water partition coefficient (Wildman–Crippen LogP) is 2.41. The van der Waals surface area contributed by atoms with Crippen molar-refractivity contribution in [1.82, 2.24) is 10.2 Å². The maximum Gasteiger partial charge on any atom is 0.253 e. The van der Waals surface area contributed by atoms with Crippen molar-refractivity contribution in [2.24, 2.45) is 0 Å². The van der Waals surface area contributed by atoms with Crippen molar-refractivity contribution < 1.29 is 14.4 Å². The smallest absolute Gasteiger partial charge is 0.253 e. The average Bonchev–Trinajstić information content (AvgIpc) is 2.80. The summed E-state index contributed by atoms with van der Waals surface area (Å²) in [5.74, 6) is -0.433. The number of rotatable bonds is 5. The average molecular weight is 421 g/mol. The van der Waals surface area contributed by atoms with Crippen LogP contribution in [-0.4, -0.2) is 55.8 Å². The van der Waals surface area contributed by atoms with Crippen molar-refractivity contribution >= 4 is 29.1 Å². The van der Waals surface area contributed by atoms with E-state index in [4.69, 9.17) is 0 Å². The van der Waals surface area contributed by atoms with Gasteiger partial charge >= 0.3 is 0 Å². The van der Waals surface area contributed by atoms with Crippen molar-refractivity contribution in [2.45, 2.75) is 31.8 Å². The molecule has 7 heteroatoms. The second-order valence-corrected chi connectivity index (χ2v) is 8.29. The normalized spacial score (nSPS) is 17.6. The Morgan fingerprint density at radius 2 is 1.84 bits per heavy atom. The molecule has 0 saturated carbocycles. The van der Waals surface area contributed by atoms with Gasteiger partial charge in [-0.25, -0.2) is 0 Å². The zero-order valence-corrected chi connectivity index (χ0v) is 18.0. The number of fused-ring (bicyclic) bond motifs is 3. The Bertz CT molecular complexity index is 990. The quantitative estimate of drug-likeness (QED) is 0.806. The SMILES string of the molecule is CN(C)C(=O)c1ccc2c(c1)N(CC(=O)NCc1ccccc1)C(=O)[C@@H]1CCCCN21. The second-order valence-electron chi connectivity index (χ2n) is 8.29. The molecule has 0 aliphatic carbocycles. The Balaban J connectivity index is 1.61. The molecule has 2 aliphatic heterocycles. The molecule has 1 N–H and O–H groups in total. The summed E-state index contributed by atoms with van der Waals surface area (Å²) < 4.78 is 0. The summed E-state index contributed by atoms with van der Waals surface area (Å²) in [6.07, 6.45) is 2.80. The minimum Gasteiger partial charge on any atom is -0.358 e. The summed E-state index contributed by atoms with van der Waals surface area (Å²) >= 11 is 0. The van der Waals surface area contributed by atoms with Gasteiger partial charge in [-0.15, -0.1) is 0 Å². The summed E-state index contributed by atoms with van der Waals surface area (Å²) in [4.78, 5) is 43.8. The Hall–Kier alpha value is -3.35. The molecule has 0 spiro atoms. The molecule has 0 radical (unpaired) electrons. The standard InChI is InChI=1S/C24H28N4O3/c1-26(2)23(30)18-11-12-19-21(14-18)28(24(31)20-10-6-7-13-27(19)20)16-22(29)25-15-17-8-4-3-5-9-17/h3-5,8-9,11-12,14,20H,6-7,10,13,15-16H2,1-2H3,(H,25,29)/t20-/m0/s1. The monoisotopic (exact) mass is 420 g/mol. The van der Waals surface area contributed by atoms with Gasteiger partial charge in [-0.2, -0.15) is 0 Å². The van der Waals surface area contributed by atoms with Gasteiger partial charge in [-0.05, 0) is 43.0 Å². The molecule has 4 rings (SSSR count). The largest absolute Gasteiger partial charge is 0.358 e. The summed E-state index contributed by atoms with van der Waals surface area (Å²) in [6, 6.07) is 14.9. The molecule has 7 nitrogen and oxygen atoms in total. The van der Waals surface area contributed by atoms with Crippen LogP contribution >= 0.6 is 0 Å².